The van der Waals surface area contributed by atoms with Gasteiger partial charge in [-0.1, -0.05) is 61.2 Å². The molecule has 36 heavy (non-hydrogen) atoms. The third-order valence-electron chi connectivity index (χ3n) is 5.21. The molecule has 2 aromatic carbocycles. The zero-order chi connectivity index (χ0) is 25.9. The van der Waals surface area contributed by atoms with Crippen molar-refractivity contribution in [2.24, 2.45) is 0 Å². The molecule has 1 fully saturated rings. The number of rotatable bonds is 13. The summed E-state index contributed by atoms with van der Waals surface area (Å²) in [6.07, 6.45) is 4.12. The van der Waals surface area contributed by atoms with Crippen molar-refractivity contribution >= 4 is 62.2 Å². The first kappa shape index (κ1) is 28.2. The van der Waals surface area contributed by atoms with Crippen LogP contribution in [0.4, 0.5) is 0 Å². The first-order valence-corrected chi connectivity index (χ1v) is 14.0. The van der Waals surface area contributed by atoms with Gasteiger partial charge in [0, 0.05) is 19.4 Å². The van der Waals surface area contributed by atoms with E-state index in [-0.39, 0.29) is 18.3 Å². The summed E-state index contributed by atoms with van der Waals surface area (Å²) in [6.45, 7) is 5.64. The number of halogens is 1. The SMILES string of the molecule is CCCOC(=O)CCCN1C(=O)/C(=C/c2cc(Br)c(OCCc3ccccc3)c(OCC)c2)SC1=S. The maximum absolute atomic E-state index is 13.0. The van der Waals surface area contributed by atoms with Crippen molar-refractivity contribution in [3.63, 3.8) is 0 Å². The molecule has 1 amide bonds. The minimum absolute atomic E-state index is 0.163. The number of carbonyl (C=O) groups excluding carboxylic acids is 2. The van der Waals surface area contributed by atoms with Crippen LogP contribution >= 0.6 is 39.9 Å². The van der Waals surface area contributed by atoms with Crippen LogP contribution in [0, 0.1) is 0 Å². The Labute approximate surface area is 230 Å². The van der Waals surface area contributed by atoms with E-state index in [9.17, 15) is 9.59 Å². The Morgan fingerprint density at radius 1 is 1.14 bits per heavy atom. The van der Waals surface area contributed by atoms with Gasteiger partial charge in [-0.3, -0.25) is 14.5 Å². The molecule has 0 bridgehead atoms. The third kappa shape index (κ3) is 8.08. The molecule has 1 heterocycles. The summed E-state index contributed by atoms with van der Waals surface area (Å²) in [5, 5.41) is 0. The van der Waals surface area contributed by atoms with Crippen molar-refractivity contribution in [2.45, 2.75) is 39.5 Å². The molecule has 0 N–H and O–H groups in total. The van der Waals surface area contributed by atoms with Crippen molar-refractivity contribution in [1.29, 1.82) is 0 Å². The highest BCUT2D eigenvalue weighted by Crippen LogP contribution is 2.39. The summed E-state index contributed by atoms with van der Waals surface area (Å²) in [7, 11) is 0. The zero-order valence-corrected chi connectivity index (χ0v) is 23.7. The number of benzene rings is 2. The minimum atomic E-state index is -0.253. The summed E-state index contributed by atoms with van der Waals surface area (Å²) in [5.74, 6) is 0.820. The van der Waals surface area contributed by atoms with E-state index < -0.39 is 0 Å². The summed E-state index contributed by atoms with van der Waals surface area (Å²) >= 11 is 10.3. The lowest BCUT2D eigenvalue weighted by molar-refractivity contribution is -0.144. The molecule has 2 aromatic rings. The van der Waals surface area contributed by atoms with E-state index in [1.807, 2.05) is 44.2 Å². The Morgan fingerprint density at radius 3 is 2.64 bits per heavy atom. The van der Waals surface area contributed by atoms with Gasteiger partial charge in [0.1, 0.15) is 4.32 Å². The van der Waals surface area contributed by atoms with Gasteiger partial charge in [-0.05, 0) is 65.0 Å². The molecule has 1 aliphatic rings. The Bertz CT molecular complexity index is 1110. The number of nitrogens with zero attached hydrogens (tertiary/aromatic N) is 1. The molecule has 9 heteroatoms. The van der Waals surface area contributed by atoms with E-state index >= 15 is 0 Å². The number of amides is 1. The highest BCUT2D eigenvalue weighted by atomic mass is 79.9. The van der Waals surface area contributed by atoms with Gasteiger partial charge in [0.2, 0.25) is 0 Å². The van der Waals surface area contributed by atoms with Crippen LogP contribution in [0.1, 0.15) is 44.2 Å². The normalized spacial score (nSPS) is 14.4. The number of ether oxygens (including phenoxy) is 3. The van der Waals surface area contributed by atoms with Crippen molar-refractivity contribution < 1.29 is 23.8 Å². The maximum Gasteiger partial charge on any atom is 0.305 e. The molecular weight excluding hydrogens is 562 g/mol. The smallest absolute Gasteiger partial charge is 0.305 e. The molecule has 192 valence electrons. The van der Waals surface area contributed by atoms with Crippen LogP contribution in [0.5, 0.6) is 11.5 Å². The fraction of sp³-hybridized carbons (Fsp3) is 0.370. The molecule has 3 rings (SSSR count). The van der Waals surface area contributed by atoms with Crippen LogP contribution in [-0.4, -0.2) is 47.5 Å². The van der Waals surface area contributed by atoms with Gasteiger partial charge in [0.25, 0.3) is 5.91 Å². The lowest BCUT2D eigenvalue weighted by Gasteiger charge is -2.15. The third-order valence-corrected chi connectivity index (χ3v) is 7.18. The first-order chi connectivity index (χ1) is 17.4. The van der Waals surface area contributed by atoms with Crippen LogP contribution in [-0.2, 0) is 20.7 Å². The van der Waals surface area contributed by atoms with Gasteiger partial charge in [-0.2, -0.15) is 0 Å². The van der Waals surface area contributed by atoms with Gasteiger partial charge < -0.3 is 14.2 Å². The second kappa shape index (κ2) is 14.4. The van der Waals surface area contributed by atoms with Crippen LogP contribution < -0.4 is 9.47 Å². The van der Waals surface area contributed by atoms with Gasteiger partial charge in [-0.25, -0.2) is 0 Å². The van der Waals surface area contributed by atoms with Crippen molar-refractivity contribution in [3.8, 4) is 11.5 Å². The Balaban J connectivity index is 1.66. The lowest BCUT2D eigenvalue weighted by Crippen LogP contribution is -2.29. The zero-order valence-electron chi connectivity index (χ0n) is 20.5. The van der Waals surface area contributed by atoms with Crippen LogP contribution in [0.15, 0.2) is 51.8 Å². The number of hydrogen-bond acceptors (Lipinski definition) is 7. The molecule has 0 atom stereocenters. The van der Waals surface area contributed by atoms with Crippen LogP contribution in [0.25, 0.3) is 6.08 Å². The largest absolute Gasteiger partial charge is 0.490 e. The first-order valence-electron chi connectivity index (χ1n) is 12.0. The highest BCUT2D eigenvalue weighted by Gasteiger charge is 2.31. The number of carbonyl (C=O) groups is 2. The Kier molecular flexibility index (Phi) is 11.3. The molecule has 0 unspecified atom stereocenters. The summed E-state index contributed by atoms with van der Waals surface area (Å²) < 4.78 is 18.2. The number of thioether (sulfide) groups is 1. The van der Waals surface area contributed by atoms with E-state index in [2.05, 4.69) is 28.1 Å². The Morgan fingerprint density at radius 2 is 1.92 bits per heavy atom. The van der Waals surface area contributed by atoms with Crippen molar-refractivity contribution in [2.75, 3.05) is 26.4 Å². The molecular formula is C27H30BrNO5S2. The van der Waals surface area contributed by atoms with Crippen LogP contribution in [0.3, 0.4) is 0 Å². The fourth-order valence-corrected chi connectivity index (χ4v) is 5.39. The molecule has 0 radical (unpaired) electrons. The lowest BCUT2D eigenvalue weighted by atomic mass is 10.1. The second-order valence-corrected chi connectivity index (χ2v) is 10.5. The van der Waals surface area contributed by atoms with Gasteiger partial charge in [-0.15, -0.1) is 0 Å². The topological polar surface area (TPSA) is 65.1 Å². The number of hydrogen-bond donors (Lipinski definition) is 0. The quantitative estimate of drug-likeness (QED) is 0.151. The van der Waals surface area contributed by atoms with E-state index in [1.165, 1.54) is 17.3 Å². The molecule has 1 aliphatic heterocycles. The van der Waals surface area contributed by atoms with Gasteiger partial charge >= 0.3 is 5.97 Å². The monoisotopic (exact) mass is 591 g/mol. The molecule has 0 aromatic heterocycles. The molecule has 0 saturated carbocycles. The van der Waals surface area contributed by atoms with E-state index in [0.29, 0.717) is 53.5 Å². The van der Waals surface area contributed by atoms with E-state index in [1.54, 1.807) is 11.0 Å². The van der Waals surface area contributed by atoms with E-state index in [0.717, 1.165) is 22.9 Å². The van der Waals surface area contributed by atoms with Crippen LogP contribution in [0.2, 0.25) is 0 Å². The standard InChI is InChI=1S/C27H30BrNO5S2/c1-3-14-33-24(30)11-8-13-29-26(31)23(36-27(29)35)18-20-16-21(28)25(22(17-20)32-4-2)34-15-12-19-9-6-5-7-10-19/h5-7,9-10,16-18H,3-4,8,11-15H2,1-2H3/b23-18-. The Hall–Kier alpha value is -2.36. The van der Waals surface area contributed by atoms with Gasteiger partial charge in [0.15, 0.2) is 11.5 Å². The predicted octanol–water partition coefficient (Wildman–Crippen LogP) is 6.40. The molecule has 0 spiro atoms. The fourth-order valence-electron chi connectivity index (χ4n) is 3.50. The summed E-state index contributed by atoms with van der Waals surface area (Å²) in [5.41, 5.74) is 1.99. The van der Waals surface area contributed by atoms with Crippen molar-refractivity contribution in [3.05, 3.63) is 63.0 Å². The average molecular weight is 593 g/mol. The molecule has 1 saturated heterocycles. The molecule has 6 nitrogen and oxygen atoms in total. The number of thiocarbonyl (C=S) groups is 1. The highest BCUT2D eigenvalue weighted by molar-refractivity contribution is 9.10. The second-order valence-electron chi connectivity index (χ2n) is 8.00. The minimum Gasteiger partial charge on any atom is -0.490 e. The van der Waals surface area contributed by atoms with Gasteiger partial charge in [0.05, 0.1) is 29.2 Å². The average Bonchev–Trinajstić information content (AvgIpc) is 3.12. The summed E-state index contributed by atoms with van der Waals surface area (Å²) in [4.78, 5) is 26.8. The molecule has 0 aliphatic carbocycles. The number of esters is 1. The van der Waals surface area contributed by atoms with E-state index in [4.69, 9.17) is 26.4 Å². The maximum atomic E-state index is 13.0. The predicted molar refractivity (Wildman–Crippen MR) is 151 cm³/mol. The summed E-state index contributed by atoms with van der Waals surface area (Å²) in [6, 6.07) is 13.9. The van der Waals surface area contributed by atoms with Crippen molar-refractivity contribution in [1.82, 2.24) is 4.90 Å².